The summed E-state index contributed by atoms with van der Waals surface area (Å²) in [4.78, 5) is 24.5. The van der Waals surface area contributed by atoms with E-state index >= 15 is 0 Å². The van der Waals surface area contributed by atoms with Gasteiger partial charge in [0.25, 0.3) is 0 Å². The molecule has 0 bridgehead atoms. The van der Waals surface area contributed by atoms with Gasteiger partial charge >= 0.3 is 18.1 Å². The highest BCUT2D eigenvalue weighted by Crippen LogP contribution is 2.42. The fraction of sp³-hybridized carbons (Fsp3) is 0.417. The molecule has 2 aliphatic rings. The molecule has 2 heterocycles. The van der Waals surface area contributed by atoms with Crippen molar-refractivity contribution in [2.24, 2.45) is 0 Å². The van der Waals surface area contributed by atoms with Crippen LogP contribution in [0.3, 0.4) is 0 Å². The van der Waals surface area contributed by atoms with Crippen molar-refractivity contribution >= 4 is 23.5 Å². The number of β-amino-alcohol motifs (C(OH)–C–C–N with tert-alkyl or cyclic N) is 1. The van der Waals surface area contributed by atoms with Gasteiger partial charge in [-0.3, -0.25) is 0 Å². The topological polar surface area (TPSA) is 106 Å². The Bertz CT molecular complexity index is 1150. The van der Waals surface area contributed by atoms with Crippen molar-refractivity contribution in [3.8, 4) is 17.2 Å². The van der Waals surface area contributed by atoms with Crippen LogP contribution in [0.1, 0.15) is 28.8 Å². The van der Waals surface area contributed by atoms with Crippen LogP contribution < -0.4 is 14.2 Å². The zero-order valence-corrected chi connectivity index (χ0v) is 19.6. The first-order chi connectivity index (χ1) is 16.9. The van der Waals surface area contributed by atoms with Gasteiger partial charge in [-0.15, -0.1) is 0 Å². The fourth-order valence-corrected chi connectivity index (χ4v) is 4.58. The van der Waals surface area contributed by atoms with Gasteiger partial charge in [0.05, 0.1) is 0 Å². The molecule has 0 aromatic heterocycles. The fourth-order valence-electron chi connectivity index (χ4n) is 4.39. The molecule has 1 spiro atoms. The Morgan fingerprint density at radius 3 is 2.56 bits per heavy atom. The second-order valence-electron chi connectivity index (χ2n) is 8.83. The number of alkyl halides is 3. The molecule has 2 N–H and O–H groups in total. The molecule has 36 heavy (non-hydrogen) atoms. The molecule has 1 saturated heterocycles. The molecule has 12 heteroatoms. The smallest absolute Gasteiger partial charge is 0.490 e. The molecule has 2 aliphatic heterocycles. The van der Waals surface area contributed by atoms with E-state index in [0.29, 0.717) is 18.1 Å². The van der Waals surface area contributed by atoms with Gasteiger partial charge in [-0.25, -0.2) is 9.59 Å². The summed E-state index contributed by atoms with van der Waals surface area (Å²) in [5.74, 6) is -3.88. The number of nitrogens with zero attached hydrogens (tertiary/aromatic N) is 1. The average molecular weight is 530 g/mol. The van der Waals surface area contributed by atoms with Crippen LogP contribution in [0.25, 0.3) is 0 Å². The lowest BCUT2D eigenvalue weighted by molar-refractivity contribution is -0.189. The number of ether oxygens (including phenoxy) is 3. The maximum Gasteiger partial charge on any atom is 0.491 e. The number of fused-ring (bicyclic) bond motifs is 1. The van der Waals surface area contributed by atoms with E-state index in [0.717, 1.165) is 48.8 Å². The van der Waals surface area contributed by atoms with Crippen molar-refractivity contribution in [3.05, 3.63) is 52.5 Å². The number of piperidine rings is 1. The number of carboxylic acids is 1. The number of aromatic carboxylic acids is 1. The van der Waals surface area contributed by atoms with E-state index < -0.39 is 30.0 Å². The highest BCUT2D eigenvalue weighted by atomic mass is 35.5. The lowest BCUT2D eigenvalue weighted by atomic mass is 9.87. The van der Waals surface area contributed by atoms with Gasteiger partial charge < -0.3 is 29.3 Å². The number of carboxylic acid groups (broad SMARTS) is 1. The third kappa shape index (κ3) is 6.03. The second kappa shape index (κ2) is 10.2. The van der Waals surface area contributed by atoms with Crippen LogP contribution in [0.15, 0.2) is 36.4 Å². The highest BCUT2D eigenvalue weighted by Gasteiger charge is 2.43. The van der Waals surface area contributed by atoms with Gasteiger partial charge in [-0.2, -0.15) is 13.2 Å². The highest BCUT2D eigenvalue weighted by molar-refractivity contribution is 6.30. The molecule has 0 unspecified atom stereocenters. The molecule has 0 amide bonds. The lowest BCUT2D eigenvalue weighted by Gasteiger charge is -2.39. The Kier molecular flexibility index (Phi) is 7.35. The number of benzene rings is 2. The van der Waals surface area contributed by atoms with E-state index in [2.05, 4.69) is 4.74 Å². The summed E-state index contributed by atoms with van der Waals surface area (Å²) >= 11 is 6.08. The molecule has 4 rings (SSSR count). The zero-order chi connectivity index (χ0) is 26.1. The number of hydrogen-bond acceptors (Lipinski definition) is 7. The number of aliphatic hydroxyl groups excluding tert-OH is 1. The largest absolute Gasteiger partial charge is 0.491 e. The Morgan fingerprint density at radius 2 is 1.89 bits per heavy atom. The molecule has 2 aromatic rings. The third-order valence-corrected chi connectivity index (χ3v) is 6.39. The number of esters is 1. The monoisotopic (exact) mass is 529 g/mol. The van der Waals surface area contributed by atoms with E-state index in [9.17, 15) is 33.0 Å². The first-order valence-corrected chi connectivity index (χ1v) is 11.5. The van der Waals surface area contributed by atoms with E-state index in [1.807, 2.05) is 17.0 Å². The van der Waals surface area contributed by atoms with Gasteiger partial charge in [-0.1, -0.05) is 11.6 Å². The molecule has 1 fully saturated rings. The number of carbonyl (C=O) groups is 2. The van der Waals surface area contributed by atoms with Gasteiger partial charge in [-0.05, 0) is 35.9 Å². The van der Waals surface area contributed by atoms with Crippen LogP contribution >= 0.6 is 11.6 Å². The molecule has 8 nitrogen and oxygen atoms in total. The van der Waals surface area contributed by atoms with Crippen molar-refractivity contribution in [1.82, 2.24) is 4.90 Å². The molecular formula is C24H23ClF3NO7. The van der Waals surface area contributed by atoms with Crippen LogP contribution in [0.5, 0.6) is 17.2 Å². The molecule has 0 radical (unpaired) electrons. The molecule has 0 aliphatic carbocycles. The SMILES string of the molecule is O=C(O)c1ccc(OC(=O)C(F)(F)F)cc1OC[C@H](O)CN1CCC2(CC1)Cc1cc(Cl)ccc1O2. The summed E-state index contributed by atoms with van der Waals surface area (Å²) in [6.45, 7) is 1.23. The van der Waals surface area contributed by atoms with Crippen molar-refractivity contribution < 1.29 is 47.2 Å². The van der Waals surface area contributed by atoms with Gasteiger partial charge in [0.2, 0.25) is 0 Å². The lowest BCUT2D eigenvalue weighted by Crippen LogP contribution is -2.49. The molecular weight excluding hydrogens is 507 g/mol. The van der Waals surface area contributed by atoms with Crippen LogP contribution in [-0.2, 0) is 11.2 Å². The number of rotatable bonds is 7. The first kappa shape index (κ1) is 26.1. The van der Waals surface area contributed by atoms with E-state index in [1.165, 1.54) is 0 Å². The minimum absolute atomic E-state index is 0.236. The molecule has 2 aromatic carbocycles. The minimum atomic E-state index is -5.21. The third-order valence-electron chi connectivity index (χ3n) is 6.15. The Hall–Kier alpha value is -3.02. The van der Waals surface area contributed by atoms with E-state index in [4.69, 9.17) is 21.1 Å². The predicted molar refractivity (Wildman–Crippen MR) is 121 cm³/mol. The zero-order valence-electron chi connectivity index (χ0n) is 18.9. The van der Waals surface area contributed by atoms with Gasteiger partial charge in [0.1, 0.15) is 41.1 Å². The summed E-state index contributed by atoms with van der Waals surface area (Å²) in [5.41, 5.74) is 0.407. The van der Waals surface area contributed by atoms with Crippen molar-refractivity contribution in [1.29, 1.82) is 0 Å². The van der Waals surface area contributed by atoms with Crippen LogP contribution in [-0.4, -0.2) is 71.2 Å². The first-order valence-electron chi connectivity index (χ1n) is 11.1. The van der Waals surface area contributed by atoms with Crippen LogP contribution in [0, 0.1) is 0 Å². The second-order valence-corrected chi connectivity index (χ2v) is 9.27. The van der Waals surface area contributed by atoms with Crippen molar-refractivity contribution in [3.63, 3.8) is 0 Å². The number of carbonyl (C=O) groups excluding carboxylic acids is 1. The normalized spacial score (nSPS) is 17.8. The quantitative estimate of drug-likeness (QED) is 0.413. The van der Waals surface area contributed by atoms with Crippen LogP contribution in [0.2, 0.25) is 5.02 Å². The molecule has 194 valence electrons. The Morgan fingerprint density at radius 1 is 1.17 bits per heavy atom. The van der Waals surface area contributed by atoms with E-state index in [1.54, 1.807) is 6.07 Å². The Balaban J connectivity index is 1.31. The summed E-state index contributed by atoms with van der Waals surface area (Å²) in [7, 11) is 0. The number of aliphatic hydroxyl groups is 1. The number of likely N-dealkylation sites (tertiary alicyclic amines) is 1. The van der Waals surface area contributed by atoms with E-state index in [-0.39, 0.29) is 30.1 Å². The average Bonchev–Trinajstić information content (AvgIpc) is 3.15. The summed E-state index contributed by atoms with van der Waals surface area (Å²) in [6, 6.07) is 8.30. The Labute approximate surface area is 209 Å². The summed E-state index contributed by atoms with van der Waals surface area (Å²) in [6.07, 6.45) is -3.99. The van der Waals surface area contributed by atoms with Gasteiger partial charge in [0.15, 0.2) is 0 Å². The van der Waals surface area contributed by atoms with Crippen molar-refractivity contribution in [2.75, 3.05) is 26.2 Å². The summed E-state index contributed by atoms with van der Waals surface area (Å²) < 4.78 is 53.2. The summed E-state index contributed by atoms with van der Waals surface area (Å²) in [5, 5.41) is 20.4. The maximum absolute atomic E-state index is 12.5. The number of hydrogen-bond donors (Lipinski definition) is 2. The predicted octanol–water partition coefficient (Wildman–Crippen LogP) is 3.72. The van der Waals surface area contributed by atoms with Crippen molar-refractivity contribution in [2.45, 2.75) is 37.1 Å². The van der Waals surface area contributed by atoms with Crippen LogP contribution in [0.4, 0.5) is 13.2 Å². The van der Waals surface area contributed by atoms with Gasteiger partial charge in [0, 0.05) is 50.0 Å². The standard InChI is InChI=1S/C24H23ClF3NO7/c25-15-1-4-19-14(9-15)11-23(36-19)5-7-29(8-6-23)12-16(30)13-34-20-10-17(2-3-18(20)21(31)32)35-22(33)24(26,27)28/h1-4,9-10,16,30H,5-8,11-13H2,(H,31,32)/t16-/m1/s1. The minimum Gasteiger partial charge on any atom is -0.490 e. The number of halogens is 4. The molecule has 1 atom stereocenters. The maximum atomic E-state index is 12.5. The molecule has 0 saturated carbocycles.